The Balaban J connectivity index is 1.39. The van der Waals surface area contributed by atoms with Gasteiger partial charge in [-0.2, -0.15) is 0 Å². The molecule has 0 radical (unpaired) electrons. The van der Waals surface area contributed by atoms with Crippen molar-refractivity contribution in [2.45, 2.75) is 44.8 Å². The smallest absolute Gasteiger partial charge is 0.244 e. The van der Waals surface area contributed by atoms with Crippen LogP contribution in [0.2, 0.25) is 0 Å². The molecule has 1 aromatic rings. The fraction of sp³-hybridized carbons (Fsp3) is 0.611. The number of carbonyl (C=O) groups excluding carboxylic acids is 1. The first-order chi connectivity index (χ1) is 11.2. The summed E-state index contributed by atoms with van der Waals surface area (Å²) in [5, 5.41) is 14.0. The Morgan fingerprint density at radius 1 is 1.39 bits per heavy atom. The summed E-state index contributed by atoms with van der Waals surface area (Å²) in [7, 11) is 0. The second-order valence-corrected chi connectivity index (χ2v) is 7.62. The summed E-state index contributed by atoms with van der Waals surface area (Å²) in [5.74, 6) is 0.568. The zero-order valence-corrected chi connectivity index (χ0v) is 14.4. The van der Waals surface area contributed by atoms with Crippen molar-refractivity contribution in [3.8, 4) is 0 Å². The number of thiophene rings is 1. The quantitative estimate of drug-likeness (QED) is 0.787. The first-order valence-electron chi connectivity index (χ1n) is 8.63. The van der Waals surface area contributed by atoms with Crippen molar-refractivity contribution in [1.82, 2.24) is 10.2 Å². The van der Waals surface area contributed by atoms with Gasteiger partial charge < -0.3 is 15.3 Å². The van der Waals surface area contributed by atoms with Crippen LogP contribution in [0.3, 0.4) is 0 Å². The van der Waals surface area contributed by atoms with Crippen LogP contribution in [0.5, 0.6) is 0 Å². The van der Waals surface area contributed by atoms with Gasteiger partial charge in [0.15, 0.2) is 0 Å². The molecule has 0 aromatic carbocycles. The lowest BCUT2D eigenvalue weighted by Crippen LogP contribution is -2.33. The average molecular weight is 334 g/mol. The topological polar surface area (TPSA) is 52.6 Å². The Bertz CT molecular complexity index is 549. The van der Waals surface area contributed by atoms with Gasteiger partial charge in [-0.1, -0.05) is 12.8 Å². The Kier molecular flexibility index (Phi) is 5.86. The lowest BCUT2D eigenvalue weighted by Gasteiger charge is -2.23. The number of amides is 1. The second kappa shape index (κ2) is 8.08. The van der Waals surface area contributed by atoms with Crippen molar-refractivity contribution in [1.29, 1.82) is 0 Å². The van der Waals surface area contributed by atoms with Crippen molar-refractivity contribution < 1.29 is 9.90 Å². The monoisotopic (exact) mass is 334 g/mol. The van der Waals surface area contributed by atoms with Gasteiger partial charge in [0.1, 0.15) is 0 Å². The lowest BCUT2D eigenvalue weighted by molar-refractivity contribution is -0.116. The molecule has 1 aromatic heterocycles. The molecule has 1 saturated heterocycles. The molecule has 3 rings (SSSR count). The maximum atomic E-state index is 11.9. The highest BCUT2D eigenvalue weighted by molar-refractivity contribution is 7.11. The summed E-state index contributed by atoms with van der Waals surface area (Å²) < 4.78 is 0. The number of nitrogens with one attached hydrogen (secondary N) is 1. The maximum Gasteiger partial charge on any atom is 0.244 e. The van der Waals surface area contributed by atoms with E-state index in [1.54, 1.807) is 17.4 Å². The fourth-order valence-corrected chi connectivity index (χ4v) is 4.45. The van der Waals surface area contributed by atoms with Crippen LogP contribution in [-0.2, 0) is 11.4 Å². The van der Waals surface area contributed by atoms with E-state index in [2.05, 4.69) is 10.2 Å². The molecule has 1 amide bonds. The molecule has 0 spiro atoms. The maximum absolute atomic E-state index is 11.9. The molecule has 2 aliphatic rings. The highest BCUT2D eigenvalue weighted by atomic mass is 32.1. The molecule has 2 fully saturated rings. The molecular weight excluding hydrogens is 308 g/mol. The first-order valence-corrected chi connectivity index (χ1v) is 9.51. The van der Waals surface area contributed by atoms with E-state index in [4.69, 9.17) is 5.11 Å². The van der Waals surface area contributed by atoms with Gasteiger partial charge in [0.25, 0.3) is 0 Å². The van der Waals surface area contributed by atoms with Gasteiger partial charge in [-0.25, -0.2) is 0 Å². The van der Waals surface area contributed by atoms with E-state index in [0.29, 0.717) is 5.92 Å². The molecule has 1 aliphatic heterocycles. The first kappa shape index (κ1) is 16.7. The summed E-state index contributed by atoms with van der Waals surface area (Å²) in [4.78, 5) is 15.6. The summed E-state index contributed by atoms with van der Waals surface area (Å²) in [6.45, 7) is 3.16. The van der Waals surface area contributed by atoms with Gasteiger partial charge in [0, 0.05) is 30.1 Å². The summed E-state index contributed by atoms with van der Waals surface area (Å²) in [6.07, 6.45) is 10.1. The number of hydrogen-bond donors (Lipinski definition) is 2. The third-order valence-corrected chi connectivity index (χ3v) is 5.93. The van der Waals surface area contributed by atoms with Crippen LogP contribution < -0.4 is 5.32 Å². The molecular formula is C18H26N2O2S. The predicted octanol–water partition coefficient (Wildman–Crippen LogP) is 2.63. The molecule has 2 N–H and O–H groups in total. The molecule has 0 bridgehead atoms. The minimum Gasteiger partial charge on any atom is -0.392 e. The zero-order chi connectivity index (χ0) is 16.1. The van der Waals surface area contributed by atoms with Crippen molar-refractivity contribution in [2.75, 3.05) is 19.6 Å². The van der Waals surface area contributed by atoms with Gasteiger partial charge in [-0.3, -0.25) is 4.79 Å². The third-order valence-electron chi connectivity index (χ3n) is 4.98. The minimum absolute atomic E-state index is 0.0248. The standard InChI is InChI=1S/C18H26N2O2S/c21-12-15-9-17(23-13-15)5-6-18(22)19-10-14-7-8-20(11-14)16-3-1-2-4-16/h5-6,9,13-14,16,21H,1-4,7-8,10-12H2,(H,19,22)/b6-5+. The van der Waals surface area contributed by atoms with E-state index in [9.17, 15) is 4.79 Å². The van der Waals surface area contributed by atoms with Crippen LogP contribution in [0.15, 0.2) is 17.5 Å². The molecule has 1 atom stereocenters. The van der Waals surface area contributed by atoms with E-state index in [1.807, 2.05) is 17.5 Å². The van der Waals surface area contributed by atoms with Crippen LogP contribution in [0.1, 0.15) is 42.5 Å². The number of rotatable bonds is 6. The van der Waals surface area contributed by atoms with Crippen molar-refractivity contribution in [3.05, 3.63) is 28.0 Å². The number of likely N-dealkylation sites (tertiary alicyclic amines) is 1. The van der Waals surface area contributed by atoms with E-state index in [-0.39, 0.29) is 12.5 Å². The van der Waals surface area contributed by atoms with Crippen LogP contribution in [0, 0.1) is 5.92 Å². The van der Waals surface area contributed by atoms with Crippen molar-refractivity contribution in [3.63, 3.8) is 0 Å². The summed E-state index contributed by atoms with van der Waals surface area (Å²) in [6, 6.07) is 2.71. The van der Waals surface area contributed by atoms with Crippen LogP contribution >= 0.6 is 11.3 Å². The van der Waals surface area contributed by atoms with Crippen molar-refractivity contribution in [2.24, 2.45) is 5.92 Å². The molecule has 126 valence electrons. The largest absolute Gasteiger partial charge is 0.392 e. The van der Waals surface area contributed by atoms with E-state index in [1.165, 1.54) is 38.6 Å². The Morgan fingerprint density at radius 3 is 2.96 bits per heavy atom. The van der Waals surface area contributed by atoms with Gasteiger partial charge in [0.05, 0.1) is 6.61 Å². The third kappa shape index (κ3) is 4.66. The number of nitrogens with zero attached hydrogens (tertiary/aromatic N) is 1. The number of aliphatic hydroxyl groups excluding tert-OH is 1. The number of carbonyl (C=O) groups is 1. The normalized spacial score (nSPS) is 23.1. The van der Waals surface area contributed by atoms with E-state index < -0.39 is 0 Å². The summed E-state index contributed by atoms with van der Waals surface area (Å²) in [5.41, 5.74) is 0.896. The van der Waals surface area contributed by atoms with Crippen molar-refractivity contribution >= 4 is 23.3 Å². The van der Waals surface area contributed by atoms with E-state index >= 15 is 0 Å². The molecule has 2 heterocycles. The second-order valence-electron chi connectivity index (χ2n) is 6.68. The van der Waals surface area contributed by atoms with Gasteiger partial charge in [-0.15, -0.1) is 11.3 Å². The average Bonchev–Trinajstić information content (AvgIpc) is 3.31. The zero-order valence-electron chi connectivity index (χ0n) is 13.5. The minimum atomic E-state index is -0.0248. The molecule has 4 nitrogen and oxygen atoms in total. The van der Waals surface area contributed by atoms with Gasteiger partial charge >= 0.3 is 0 Å². The lowest BCUT2D eigenvalue weighted by atomic mass is 10.1. The number of aliphatic hydroxyl groups is 1. The highest BCUT2D eigenvalue weighted by Crippen LogP contribution is 2.28. The summed E-state index contributed by atoms with van der Waals surface area (Å²) >= 11 is 1.54. The predicted molar refractivity (Wildman–Crippen MR) is 94.2 cm³/mol. The number of hydrogen-bond acceptors (Lipinski definition) is 4. The SMILES string of the molecule is O=C(/C=C/c1cc(CO)cs1)NCC1CCN(C2CCCC2)C1. The van der Waals surface area contributed by atoms with Gasteiger partial charge in [0.2, 0.25) is 5.91 Å². The van der Waals surface area contributed by atoms with E-state index in [0.717, 1.165) is 29.6 Å². The highest BCUT2D eigenvalue weighted by Gasteiger charge is 2.29. The molecule has 23 heavy (non-hydrogen) atoms. The van der Waals surface area contributed by atoms with Crippen LogP contribution in [0.25, 0.3) is 6.08 Å². The molecule has 5 heteroatoms. The Hall–Kier alpha value is -1.17. The fourth-order valence-electron chi connectivity index (χ4n) is 3.66. The Morgan fingerprint density at radius 2 is 2.22 bits per heavy atom. The molecule has 1 saturated carbocycles. The van der Waals surface area contributed by atoms with Crippen LogP contribution in [-0.4, -0.2) is 41.6 Å². The molecule has 1 unspecified atom stereocenters. The van der Waals surface area contributed by atoms with Gasteiger partial charge in [-0.05, 0) is 54.8 Å². The Labute approximate surface area is 142 Å². The molecule has 1 aliphatic carbocycles. The van der Waals surface area contributed by atoms with Crippen LogP contribution in [0.4, 0.5) is 0 Å².